The normalized spacial score (nSPS) is 11.4. The van der Waals surface area contributed by atoms with Crippen LogP contribution in [0.5, 0.6) is 5.75 Å². The van der Waals surface area contributed by atoms with Gasteiger partial charge in [-0.1, -0.05) is 25.5 Å². The van der Waals surface area contributed by atoms with Crippen LogP contribution in [0, 0.1) is 6.92 Å². The average molecular weight is 351 g/mol. The van der Waals surface area contributed by atoms with Crippen LogP contribution in [0.2, 0.25) is 0 Å². The smallest absolute Gasteiger partial charge is 0.191 e. The molecule has 0 aliphatic rings. The van der Waals surface area contributed by atoms with Crippen molar-refractivity contribution in [1.29, 1.82) is 0 Å². The van der Waals surface area contributed by atoms with E-state index in [4.69, 9.17) is 14.2 Å². The molecule has 1 rings (SSSR count). The number of ether oxygens (including phenoxy) is 3. The zero-order valence-electron chi connectivity index (χ0n) is 15.8. The Hall–Kier alpha value is -1.79. The SMILES string of the molecule is CCCCOCCOCCNC(=NC)NCCOc1cccc(C)c1. The van der Waals surface area contributed by atoms with Gasteiger partial charge in [-0.05, 0) is 31.0 Å². The maximum Gasteiger partial charge on any atom is 0.191 e. The van der Waals surface area contributed by atoms with Crippen LogP contribution in [0.1, 0.15) is 25.3 Å². The number of hydrogen-bond donors (Lipinski definition) is 2. The van der Waals surface area contributed by atoms with E-state index in [1.807, 2.05) is 18.2 Å². The maximum absolute atomic E-state index is 5.70. The molecule has 1 aromatic carbocycles. The molecule has 0 bridgehead atoms. The number of nitrogens with one attached hydrogen (secondary N) is 2. The van der Waals surface area contributed by atoms with Crippen molar-refractivity contribution in [2.75, 3.05) is 53.2 Å². The Morgan fingerprint density at radius 1 is 1.00 bits per heavy atom. The lowest BCUT2D eigenvalue weighted by Crippen LogP contribution is -2.40. The molecule has 0 heterocycles. The highest BCUT2D eigenvalue weighted by Crippen LogP contribution is 2.11. The lowest BCUT2D eigenvalue weighted by molar-refractivity contribution is 0.0487. The highest BCUT2D eigenvalue weighted by Gasteiger charge is 1.98. The quantitative estimate of drug-likeness (QED) is 0.324. The van der Waals surface area contributed by atoms with Crippen LogP contribution in [-0.4, -0.2) is 59.1 Å². The molecule has 0 saturated heterocycles. The van der Waals surface area contributed by atoms with E-state index in [1.165, 1.54) is 5.56 Å². The molecule has 0 saturated carbocycles. The summed E-state index contributed by atoms with van der Waals surface area (Å²) in [6.45, 7) is 8.89. The van der Waals surface area contributed by atoms with E-state index in [0.29, 0.717) is 39.5 Å². The van der Waals surface area contributed by atoms with Gasteiger partial charge in [-0.15, -0.1) is 0 Å². The molecule has 0 radical (unpaired) electrons. The number of aliphatic imine (C=N–C) groups is 1. The first kappa shape index (κ1) is 21.3. The summed E-state index contributed by atoms with van der Waals surface area (Å²) in [6.07, 6.45) is 2.27. The zero-order chi connectivity index (χ0) is 18.2. The van der Waals surface area contributed by atoms with E-state index in [9.17, 15) is 0 Å². The van der Waals surface area contributed by atoms with Gasteiger partial charge in [0.1, 0.15) is 12.4 Å². The second-order valence-electron chi connectivity index (χ2n) is 5.67. The molecular formula is C19H33N3O3. The standard InChI is InChI=1S/C19H33N3O3/c1-4-5-11-23-14-15-24-12-9-21-19(20-3)22-10-13-25-18-8-6-7-17(2)16-18/h6-8,16H,4-5,9-15H2,1-3H3,(H2,20,21,22). The summed E-state index contributed by atoms with van der Waals surface area (Å²) in [5.41, 5.74) is 1.19. The fourth-order valence-corrected chi connectivity index (χ4v) is 2.07. The van der Waals surface area contributed by atoms with E-state index >= 15 is 0 Å². The minimum Gasteiger partial charge on any atom is -0.492 e. The third-order valence-corrected chi connectivity index (χ3v) is 3.43. The van der Waals surface area contributed by atoms with Crippen molar-refractivity contribution in [2.24, 2.45) is 4.99 Å². The van der Waals surface area contributed by atoms with Crippen LogP contribution in [-0.2, 0) is 9.47 Å². The van der Waals surface area contributed by atoms with Gasteiger partial charge in [0, 0.05) is 20.2 Å². The minimum atomic E-state index is 0.579. The fourth-order valence-electron chi connectivity index (χ4n) is 2.07. The molecule has 0 aliphatic heterocycles. The maximum atomic E-state index is 5.70. The van der Waals surface area contributed by atoms with Crippen LogP contribution in [0.3, 0.4) is 0 Å². The number of hydrogen-bond acceptors (Lipinski definition) is 4. The van der Waals surface area contributed by atoms with Gasteiger partial charge < -0.3 is 24.8 Å². The summed E-state index contributed by atoms with van der Waals surface area (Å²) in [7, 11) is 1.75. The van der Waals surface area contributed by atoms with E-state index in [2.05, 4.69) is 35.5 Å². The van der Waals surface area contributed by atoms with E-state index in [0.717, 1.165) is 31.2 Å². The molecule has 2 N–H and O–H groups in total. The minimum absolute atomic E-state index is 0.579. The number of unbranched alkanes of at least 4 members (excludes halogenated alkanes) is 1. The van der Waals surface area contributed by atoms with Crippen molar-refractivity contribution in [2.45, 2.75) is 26.7 Å². The Bertz CT molecular complexity index is 481. The first-order valence-electron chi connectivity index (χ1n) is 9.05. The summed E-state index contributed by atoms with van der Waals surface area (Å²) >= 11 is 0. The molecular weight excluding hydrogens is 318 g/mol. The first-order chi connectivity index (χ1) is 12.3. The third kappa shape index (κ3) is 11.4. The molecule has 0 amide bonds. The molecule has 6 nitrogen and oxygen atoms in total. The second-order valence-corrected chi connectivity index (χ2v) is 5.67. The van der Waals surface area contributed by atoms with Crippen molar-refractivity contribution in [3.63, 3.8) is 0 Å². The number of aryl methyl sites for hydroxylation is 1. The molecule has 25 heavy (non-hydrogen) atoms. The lowest BCUT2D eigenvalue weighted by atomic mass is 10.2. The Kier molecular flexibility index (Phi) is 12.4. The molecule has 142 valence electrons. The van der Waals surface area contributed by atoms with Gasteiger partial charge in [0.2, 0.25) is 0 Å². The Morgan fingerprint density at radius 3 is 2.40 bits per heavy atom. The van der Waals surface area contributed by atoms with Crippen molar-refractivity contribution in [1.82, 2.24) is 10.6 Å². The van der Waals surface area contributed by atoms with Crippen molar-refractivity contribution in [3.8, 4) is 5.75 Å². The van der Waals surface area contributed by atoms with Crippen LogP contribution in [0.4, 0.5) is 0 Å². The van der Waals surface area contributed by atoms with Crippen molar-refractivity contribution < 1.29 is 14.2 Å². The lowest BCUT2D eigenvalue weighted by Gasteiger charge is -2.13. The zero-order valence-corrected chi connectivity index (χ0v) is 15.8. The van der Waals surface area contributed by atoms with Crippen LogP contribution in [0.15, 0.2) is 29.3 Å². The number of rotatable bonds is 13. The van der Waals surface area contributed by atoms with Gasteiger partial charge in [0.25, 0.3) is 0 Å². The average Bonchev–Trinajstić information content (AvgIpc) is 2.62. The van der Waals surface area contributed by atoms with E-state index in [1.54, 1.807) is 7.05 Å². The summed E-state index contributed by atoms with van der Waals surface area (Å²) in [5, 5.41) is 6.42. The number of nitrogens with zero attached hydrogens (tertiary/aromatic N) is 1. The first-order valence-corrected chi connectivity index (χ1v) is 9.05. The summed E-state index contributed by atoms with van der Waals surface area (Å²) in [4.78, 5) is 4.17. The molecule has 0 aliphatic carbocycles. The third-order valence-electron chi connectivity index (χ3n) is 3.43. The Morgan fingerprint density at radius 2 is 1.72 bits per heavy atom. The number of benzene rings is 1. The van der Waals surface area contributed by atoms with Gasteiger partial charge in [-0.25, -0.2) is 0 Å². The predicted octanol–water partition coefficient (Wildman–Crippen LogP) is 2.37. The second kappa shape index (κ2) is 14.5. The summed E-state index contributed by atoms with van der Waals surface area (Å²) < 4.78 is 16.6. The number of guanidine groups is 1. The van der Waals surface area contributed by atoms with E-state index < -0.39 is 0 Å². The van der Waals surface area contributed by atoms with Gasteiger partial charge in [0.15, 0.2) is 5.96 Å². The van der Waals surface area contributed by atoms with Crippen LogP contribution < -0.4 is 15.4 Å². The van der Waals surface area contributed by atoms with Crippen LogP contribution in [0.25, 0.3) is 0 Å². The predicted molar refractivity (Wildman–Crippen MR) is 103 cm³/mol. The molecule has 1 aromatic rings. The topological polar surface area (TPSA) is 64.1 Å². The summed E-state index contributed by atoms with van der Waals surface area (Å²) in [5.74, 6) is 1.63. The Labute approximate surface area is 152 Å². The molecule has 0 unspecified atom stereocenters. The monoisotopic (exact) mass is 351 g/mol. The molecule has 0 spiro atoms. The molecule has 6 heteroatoms. The van der Waals surface area contributed by atoms with Gasteiger partial charge in [-0.2, -0.15) is 0 Å². The molecule has 0 aromatic heterocycles. The fraction of sp³-hybridized carbons (Fsp3) is 0.632. The molecule has 0 atom stereocenters. The highest BCUT2D eigenvalue weighted by molar-refractivity contribution is 5.79. The Balaban J connectivity index is 1.99. The van der Waals surface area contributed by atoms with Gasteiger partial charge >= 0.3 is 0 Å². The van der Waals surface area contributed by atoms with Crippen molar-refractivity contribution >= 4 is 5.96 Å². The largest absolute Gasteiger partial charge is 0.492 e. The van der Waals surface area contributed by atoms with E-state index in [-0.39, 0.29) is 0 Å². The summed E-state index contributed by atoms with van der Waals surface area (Å²) in [6, 6.07) is 8.03. The molecule has 0 fully saturated rings. The highest BCUT2D eigenvalue weighted by atomic mass is 16.5. The van der Waals surface area contributed by atoms with Gasteiger partial charge in [-0.3, -0.25) is 4.99 Å². The van der Waals surface area contributed by atoms with Crippen molar-refractivity contribution in [3.05, 3.63) is 29.8 Å². The van der Waals surface area contributed by atoms with Crippen LogP contribution >= 0.6 is 0 Å². The van der Waals surface area contributed by atoms with Gasteiger partial charge in [0.05, 0.1) is 26.4 Å².